The summed E-state index contributed by atoms with van der Waals surface area (Å²) in [7, 11) is 0. The summed E-state index contributed by atoms with van der Waals surface area (Å²) in [5, 5.41) is 2.61. The molecule has 2 aromatic rings. The first kappa shape index (κ1) is 16.7. The normalized spacial score (nSPS) is 10.9. The molecule has 0 aliphatic heterocycles. The van der Waals surface area contributed by atoms with Crippen LogP contribution in [0.2, 0.25) is 0 Å². The summed E-state index contributed by atoms with van der Waals surface area (Å²) in [4.78, 5) is 11.8. The van der Waals surface area contributed by atoms with Gasteiger partial charge in [0, 0.05) is 5.56 Å². The lowest BCUT2D eigenvalue weighted by atomic mass is 10.2. The average molecular weight is 325 g/mol. The van der Waals surface area contributed by atoms with Gasteiger partial charge in [0.25, 0.3) is 5.91 Å². The minimum absolute atomic E-state index is 0.235. The molecule has 0 aliphatic rings. The summed E-state index contributed by atoms with van der Waals surface area (Å²) in [6, 6.07) is 13.8. The van der Waals surface area contributed by atoms with E-state index in [1.807, 2.05) is 18.2 Å². The van der Waals surface area contributed by atoms with Crippen LogP contribution in [0.1, 0.15) is 10.4 Å². The van der Waals surface area contributed by atoms with Crippen molar-refractivity contribution in [1.82, 2.24) is 5.32 Å². The van der Waals surface area contributed by atoms with Crippen molar-refractivity contribution >= 4 is 5.91 Å². The number of carbonyl (C=O) groups excluding carboxylic acids is 1. The summed E-state index contributed by atoms with van der Waals surface area (Å²) in [5.74, 6) is -0.0860. The number of amides is 1. The van der Waals surface area contributed by atoms with Crippen LogP contribution in [-0.2, 0) is 0 Å². The Kier molecular flexibility index (Phi) is 5.46. The molecule has 1 N–H and O–H groups in total. The predicted molar refractivity (Wildman–Crippen MR) is 77.4 cm³/mol. The first-order valence-electron chi connectivity index (χ1n) is 6.76. The third-order valence-electron chi connectivity index (χ3n) is 2.75. The van der Waals surface area contributed by atoms with Crippen molar-refractivity contribution in [2.45, 2.75) is 6.36 Å². The molecule has 23 heavy (non-hydrogen) atoms. The van der Waals surface area contributed by atoms with Gasteiger partial charge in [-0.1, -0.05) is 18.2 Å². The van der Waals surface area contributed by atoms with Gasteiger partial charge in [-0.15, -0.1) is 13.2 Å². The summed E-state index contributed by atoms with van der Waals surface area (Å²) in [5.41, 5.74) is 0.235. The Hall–Kier alpha value is -2.70. The monoisotopic (exact) mass is 325 g/mol. The molecule has 2 aromatic carbocycles. The average Bonchev–Trinajstić information content (AvgIpc) is 2.51. The molecule has 0 aliphatic carbocycles. The number of alkyl halides is 3. The van der Waals surface area contributed by atoms with Gasteiger partial charge < -0.3 is 14.8 Å². The molecule has 2 rings (SSSR count). The number of hydrogen-bond donors (Lipinski definition) is 1. The van der Waals surface area contributed by atoms with Gasteiger partial charge in [0.2, 0.25) is 0 Å². The Balaban J connectivity index is 1.77. The number of nitrogens with one attached hydrogen (secondary N) is 1. The number of halogens is 3. The van der Waals surface area contributed by atoms with E-state index in [2.05, 4.69) is 10.1 Å². The molecular formula is C16H14F3NO3. The molecule has 0 fully saturated rings. The van der Waals surface area contributed by atoms with Crippen molar-refractivity contribution < 1.29 is 27.4 Å². The van der Waals surface area contributed by atoms with Crippen LogP contribution in [0.25, 0.3) is 0 Å². The second-order valence-corrected chi connectivity index (χ2v) is 4.49. The summed E-state index contributed by atoms with van der Waals surface area (Å²) < 4.78 is 45.2. The van der Waals surface area contributed by atoms with Crippen LogP contribution in [0.4, 0.5) is 13.2 Å². The lowest BCUT2D eigenvalue weighted by molar-refractivity contribution is -0.274. The standard InChI is InChI=1S/C16H14F3NO3/c17-16(18,19)23-14-8-6-12(7-9-14)15(21)20-10-11-22-13-4-2-1-3-5-13/h1-9H,10-11H2,(H,20,21). The lowest BCUT2D eigenvalue weighted by Gasteiger charge is -2.10. The molecule has 0 saturated carbocycles. The van der Waals surface area contributed by atoms with Gasteiger partial charge in [-0.25, -0.2) is 0 Å². The van der Waals surface area contributed by atoms with Gasteiger partial charge in [0.1, 0.15) is 18.1 Å². The Morgan fingerprint density at radius 3 is 2.22 bits per heavy atom. The van der Waals surface area contributed by atoms with E-state index in [0.717, 1.165) is 12.1 Å². The number of para-hydroxylation sites is 1. The molecule has 0 radical (unpaired) electrons. The van der Waals surface area contributed by atoms with Crippen LogP contribution in [0.15, 0.2) is 54.6 Å². The lowest BCUT2D eigenvalue weighted by Crippen LogP contribution is -2.28. The number of ether oxygens (including phenoxy) is 2. The second kappa shape index (κ2) is 7.53. The molecular weight excluding hydrogens is 311 g/mol. The van der Waals surface area contributed by atoms with Gasteiger partial charge >= 0.3 is 6.36 Å². The van der Waals surface area contributed by atoms with Crippen molar-refractivity contribution in [3.8, 4) is 11.5 Å². The quantitative estimate of drug-likeness (QED) is 0.828. The highest BCUT2D eigenvalue weighted by atomic mass is 19.4. The van der Waals surface area contributed by atoms with E-state index in [9.17, 15) is 18.0 Å². The summed E-state index contributed by atoms with van der Waals surface area (Å²) in [6.07, 6.45) is -4.75. The first-order valence-corrected chi connectivity index (χ1v) is 6.76. The fourth-order valence-corrected chi connectivity index (χ4v) is 1.76. The van der Waals surface area contributed by atoms with E-state index in [1.165, 1.54) is 12.1 Å². The van der Waals surface area contributed by atoms with E-state index in [0.29, 0.717) is 5.75 Å². The molecule has 1 amide bonds. The van der Waals surface area contributed by atoms with Crippen LogP contribution in [-0.4, -0.2) is 25.4 Å². The SMILES string of the molecule is O=C(NCCOc1ccccc1)c1ccc(OC(F)(F)F)cc1. The van der Waals surface area contributed by atoms with E-state index >= 15 is 0 Å². The molecule has 0 heterocycles. The van der Waals surface area contributed by atoms with E-state index in [4.69, 9.17) is 4.74 Å². The van der Waals surface area contributed by atoms with Crippen molar-refractivity contribution in [3.05, 3.63) is 60.2 Å². The highest BCUT2D eigenvalue weighted by Crippen LogP contribution is 2.22. The molecule has 0 atom stereocenters. The topological polar surface area (TPSA) is 47.6 Å². The summed E-state index contributed by atoms with van der Waals surface area (Å²) in [6.45, 7) is 0.555. The number of benzene rings is 2. The van der Waals surface area contributed by atoms with E-state index < -0.39 is 12.3 Å². The van der Waals surface area contributed by atoms with E-state index in [-0.39, 0.29) is 24.5 Å². The Morgan fingerprint density at radius 2 is 1.61 bits per heavy atom. The van der Waals surface area contributed by atoms with Crippen molar-refractivity contribution in [3.63, 3.8) is 0 Å². The summed E-state index contributed by atoms with van der Waals surface area (Å²) >= 11 is 0. The molecule has 0 aromatic heterocycles. The fourth-order valence-electron chi connectivity index (χ4n) is 1.76. The Bertz CT molecular complexity index is 627. The largest absolute Gasteiger partial charge is 0.573 e. The van der Waals surface area contributed by atoms with Crippen LogP contribution >= 0.6 is 0 Å². The van der Waals surface area contributed by atoms with E-state index in [1.54, 1.807) is 12.1 Å². The fraction of sp³-hybridized carbons (Fsp3) is 0.188. The highest BCUT2D eigenvalue weighted by Gasteiger charge is 2.31. The Morgan fingerprint density at radius 1 is 0.957 bits per heavy atom. The maximum atomic E-state index is 12.0. The minimum atomic E-state index is -4.75. The van der Waals surface area contributed by atoms with Gasteiger partial charge in [-0.2, -0.15) is 0 Å². The van der Waals surface area contributed by atoms with Gasteiger partial charge in [-0.3, -0.25) is 4.79 Å². The third kappa shape index (κ3) is 5.90. The zero-order chi connectivity index (χ0) is 16.7. The van der Waals surface area contributed by atoms with Crippen molar-refractivity contribution in [1.29, 1.82) is 0 Å². The Labute approximate surface area is 130 Å². The minimum Gasteiger partial charge on any atom is -0.492 e. The molecule has 0 spiro atoms. The molecule has 0 unspecified atom stereocenters. The zero-order valence-corrected chi connectivity index (χ0v) is 12.0. The number of carbonyl (C=O) groups is 1. The number of rotatable bonds is 6. The third-order valence-corrected chi connectivity index (χ3v) is 2.75. The second-order valence-electron chi connectivity index (χ2n) is 4.49. The maximum Gasteiger partial charge on any atom is 0.573 e. The van der Waals surface area contributed by atoms with Gasteiger partial charge in [-0.05, 0) is 36.4 Å². The molecule has 7 heteroatoms. The van der Waals surface area contributed by atoms with Crippen LogP contribution in [0, 0.1) is 0 Å². The van der Waals surface area contributed by atoms with Crippen molar-refractivity contribution in [2.75, 3.05) is 13.2 Å². The smallest absolute Gasteiger partial charge is 0.492 e. The first-order chi connectivity index (χ1) is 10.9. The van der Waals surface area contributed by atoms with Crippen LogP contribution in [0.5, 0.6) is 11.5 Å². The highest BCUT2D eigenvalue weighted by molar-refractivity contribution is 5.94. The van der Waals surface area contributed by atoms with Crippen LogP contribution < -0.4 is 14.8 Å². The maximum absolute atomic E-state index is 12.0. The zero-order valence-electron chi connectivity index (χ0n) is 12.0. The number of hydrogen-bond acceptors (Lipinski definition) is 3. The van der Waals surface area contributed by atoms with Gasteiger partial charge in [0.15, 0.2) is 0 Å². The molecule has 0 bridgehead atoms. The predicted octanol–water partition coefficient (Wildman–Crippen LogP) is 3.39. The molecule has 0 saturated heterocycles. The van der Waals surface area contributed by atoms with Crippen LogP contribution in [0.3, 0.4) is 0 Å². The van der Waals surface area contributed by atoms with Gasteiger partial charge in [0.05, 0.1) is 6.54 Å². The molecule has 4 nitrogen and oxygen atoms in total. The van der Waals surface area contributed by atoms with Crippen molar-refractivity contribution in [2.24, 2.45) is 0 Å². The molecule has 122 valence electrons.